The predicted octanol–water partition coefficient (Wildman–Crippen LogP) is -0.750. The molecule has 4 N–H and O–H groups in total. The Bertz CT molecular complexity index is 1950. The molecule has 3 atom stereocenters. The van der Waals surface area contributed by atoms with Gasteiger partial charge in [-0.05, 0) is 71.1 Å². The van der Waals surface area contributed by atoms with Gasteiger partial charge < -0.3 is 39.7 Å². The SMILES string of the molecule is O=C(C[C@H](CCc1ccccc1)NC(=O)[C@@H]1C[C@@H](NC(=O)c2ccc3c(c2)B(O)OC3)CN1C(=O)c1ccc2c(c1)B(O)OC2)ON1C(=O)CCC1=O. The lowest BCUT2D eigenvalue weighted by Crippen LogP contribution is -2.49. The van der Waals surface area contributed by atoms with Gasteiger partial charge in [-0.1, -0.05) is 42.5 Å². The number of carbonyl (C=O) groups is 6. The minimum Gasteiger partial charge on any atom is -0.423 e. The Kier molecular flexibility index (Phi) is 10.4. The van der Waals surface area contributed by atoms with Crippen molar-refractivity contribution in [1.82, 2.24) is 20.6 Å². The van der Waals surface area contributed by atoms with Crippen LogP contribution in [0.15, 0.2) is 66.7 Å². The van der Waals surface area contributed by atoms with E-state index in [0.29, 0.717) is 22.4 Å². The van der Waals surface area contributed by atoms with Gasteiger partial charge in [-0.15, -0.1) is 5.06 Å². The molecule has 17 heteroatoms. The van der Waals surface area contributed by atoms with Gasteiger partial charge in [-0.25, -0.2) is 4.79 Å². The second-order valence-corrected chi connectivity index (χ2v) is 13.5. The number of nitrogens with one attached hydrogen (secondary N) is 2. The molecule has 0 unspecified atom stereocenters. The Hall–Kier alpha value is -5.35. The number of imide groups is 1. The average Bonchev–Trinajstić information content (AvgIpc) is 3.93. The van der Waals surface area contributed by atoms with Gasteiger partial charge in [0.15, 0.2) is 0 Å². The lowest BCUT2D eigenvalue weighted by Gasteiger charge is -2.27. The molecule has 272 valence electrons. The minimum absolute atomic E-state index is 0.0311. The summed E-state index contributed by atoms with van der Waals surface area (Å²) in [6.45, 7) is 0.372. The van der Waals surface area contributed by atoms with Crippen LogP contribution in [-0.4, -0.2) is 94.4 Å². The summed E-state index contributed by atoms with van der Waals surface area (Å²) in [6, 6.07) is 16.4. The lowest BCUT2D eigenvalue weighted by atomic mass is 9.78. The topological polar surface area (TPSA) is 201 Å². The predicted molar refractivity (Wildman–Crippen MR) is 187 cm³/mol. The largest absolute Gasteiger partial charge is 0.491 e. The Morgan fingerprint density at radius 2 is 1.49 bits per heavy atom. The molecular formula is C36H36B2N4O11. The highest BCUT2D eigenvalue weighted by atomic mass is 16.7. The summed E-state index contributed by atoms with van der Waals surface area (Å²) in [5.74, 6) is -3.73. The van der Waals surface area contributed by atoms with Crippen LogP contribution in [0.3, 0.4) is 0 Å². The Labute approximate surface area is 304 Å². The number of aryl methyl sites for hydroxylation is 1. The van der Waals surface area contributed by atoms with Crippen molar-refractivity contribution in [3.63, 3.8) is 0 Å². The second kappa shape index (κ2) is 15.3. The standard InChI is InChI=1S/C36H36B2N4O11/c43-31-12-13-32(44)42(31)53-33(45)17-26(11-6-21-4-2-1-3-5-21)39-35(47)30-16-27(40-34(46)22-7-9-24-19-51-37(49)28(24)14-22)18-41(30)36(48)23-8-10-25-20-52-38(50)29(25)15-23/h1-5,7-10,14-15,26-27,30,49-50H,6,11-13,16-20H2,(H,39,47)(H,40,46)/t26-,27+,30-/m0/s1. The Balaban J connectivity index is 1.11. The van der Waals surface area contributed by atoms with Crippen molar-refractivity contribution in [2.75, 3.05) is 6.54 Å². The molecule has 0 aromatic heterocycles. The van der Waals surface area contributed by atoms with Crippen LogP contribution >= 0.6 is 0 Å². The molecular weight excluding hydrogens is 686 g/mol. The van der Waals surface area contributed by atoms with Crippen molar-refractivity contribution in [2.45, 2.75) is 69.9 Å². The minimum atomic E-state index is -1.20. The molecule has 4 aliphatic heterocycles. The molecule has 0 aliphatic carbocycles. The quantitative estimate of drug-likeness (QED) is 0.143. The van der Waals surface area contributed by atoms with E-state index in [4.69, 9.17) is 14.1 Å². The molecule has 2 saturated heterocycles. The van der Waals surface area contributed by atoms with Gasteiger partial charge in [0.05, 0.1) is 19.6 Å². The third-order valence-corrected chi connectivity index (χ3v) is 9.91. The highest BCUT2D eigenvalue weighted by Crippen LogP contribution is 2.24. The number of hydroxylamine groups is 2. The number of hydrogen-bond acceptors (Lipinski definition) is 11. The van der Waals surface area contributed by atoms with Gasteiger partial charge in [0.2, 0.25) is 5.91 Å². The number of nitrogens with zero attached hydrogens (tertiary/aromatic N) is 2. The molecule has 0 saturated carbocycles. The molecule has 7 rings (SSSR count). The number of hydrogen-bond donors (Lipinski definition) is 4. The molecule has 15 nitrogen and oxygen atoms in total. The van der Waals surface area contributed by atoms with Gasteiger partial charge in [-0.3, -0.25) is 24.0 Å². The summed E-state index contributed by atoms with van der Waals surface area (Å²) in [6.07, 6.45) is 0.276. The zero-order valence-corrected chi connectivity index (χ0v) is 28.6. The van der Waals surface area contributed by atoms with E-state index in [1.54, 1.807) is 30.3 Å². The summed E-state index contributed by atoms with van der Waals surface area (Å²) in [4.78, 5) is 85.3. The van der Waals surface area contributed by atoms with E-state index in [9.17, 15) is 38.8 Å². The summed E-state index contributed by atoms with van der Waals surface area (Å²) < 4.78 is 10.5. The van der Waals surface area contributed by atoms with E-state index >= 15 is 0 Å². The number of benzene rings is 3. The molecule has 4 heterocycles. The highest BCUT2D eigenvalue weighted by Gasteiger charge is 2.42. The first-order valence-electron chi connectivity index (χ1n) is 17.4. The van der Waals surface area contributed by atoms with Gasteiger partial charge in [0.1, 0.15) is 6.04 Å². The maximum Gasteiger partial charge on any atom is 0.491 e. The molecule has 3 aromatic carbocycles. The highest BCUT2D eigenvalue weighted by molar-refractivity contribution is 6.62. The molecule has 4 aliphatic rings. The zero-order chi connectivity index (χ0) is 37.2. The zero-order valence-electron chi connectivity index (χ0n) is 28.6. The van der Waals surface area contributed by atoms with Crippen LogP contribution in [0, 0.1) is 0 Å². The molecule has 0 bridgehead atoms. The number of amides is 5. The molecule has 2 fully saturated rings. The van der Waals surface area contributed by atoms with Crippen LogP contribution in [0.4, 0.5) is 0 Å². The third-order valence-electron chi connectivity index (χ3n) is 9.91. The van der Waals surface area contributed by atoms with E-state index < -0.39 is 67.9 Å². The van der Waals surface area contributed by atoms with Gasteiger partial charge >= 0.3 is 20.2 Å². The summed E-state index contributed by atoms with van der Waals surface area (Å²) in [7, 11) is -2.35. The first kappa shape index (κ1) is 36.0. The molecule has 53 heavy (non-hydrogen) atoms. The van der Waals surface area contributed by atoms with Gasteiger partial charge in [-0.2, -0.15) is 0 Å². The van der Waals surface area contributed by atoms with Crippen LogP contribution in [0.2, 0.25) is 0 Å². The van der Waals surface area contributed by atoms with E-state index in [0.717, 1.165) is 16.7 Å². The fourth-order valence-corrected chi connectivity index (χ4v) is 7.06. The summed E-state index contributed by atoms with van der Waals surface area (Å²) in [5, 5.41) is 26.7. The second-order valence-electron chi connectivity index (χ2n) is 13.5. The van der Waals surface area contributed by atoms with Gasteiger partial charge in [0, 0.05) is 42.6 Å². The smallest absolute Gasteiger partial charge is 0.423 e. The van der Waals surface area contributed by atoms with Crippen molar-refractivity contribution >= 4 is 60.7 Å². The van der Waals surface area contributed by atoms with E-state index in [1.807, 2.05) is 30.3 Å². The maximum absolute atomic E-state index is 14.2. The number of likely N-dealkylation sites (tertiary alicyclic amines) is 1. The number of carbonyl (C=O) groups excluding carboxylic acids is 6. The van der Waals surface area contributed by atoms with Crippen molar-refractivity contribution in [3.05, 3.63) is 94.5 Å². The summed E-state index contributed by atoms with van der Waals surface area (Å²) in [5.41, 5.74) is 3.83. The van der Waals surface area contributed by atoms with E-state index in [1.165, 1.54) is 11.0 Å². The lowest BCUT2D eigenvalue weighted by molar-refractivity contribution is -0.197. The van der Waals surface area contributed by atoms with Crippen LogP contribution in [0.1, 0.15) is 69.5 Å². The van der Waals surface area contributed by atoms with Crippen molar-refractivity contribution < 1.29 is 53.0 Å². The monoisotopic (exact) mass is 722 g/mol. The molecule has 0 radical (unpaired) electrons. The van der Waals surface area contributed by atoms with Crippen LogP contribution in [-0.2, 0) is 53.0 Å². The fourth-order valence-electron chi connectivity index (χ4n) is 7.06. The first-order chi connectivity index (χ1) is 25.5. The van der Waals surface area contributed by atoms with Crippen molar-refractivity contribution in [2.24, 2.45) is 0 Å². The fraction of sp³-hybridized carbons (Fsp3) is 0.333. The average molecular weight is 722 g/mol. The van der Waals surface area contributed by atoms with Crippen molar-refractivity contribution in [3.8, 4) is 0 Å². The van der Waals surface area contributed by atoms with Crippen molar-refractivity contribution in [1.29, 1.82) is 0 Å². The molecule has 0 spiro atoms. The Morgan fingerprint density at radius 3 is 2.15 bits per heavy atom. The Morgan fingerprint density at radius 1 is 0.868 bits per heavy atom. The third kappa shape index (κ3) is 7.88. The van der Waals surface area contributed by atoms with E-state index in [-0.39, 0.29) is 63.0 Å². The van der Waals surface area contributed by atoms with Crippen LogP contribution in [0.5, 0.6) is 0 Å². The molecule has 3 aromatic rings. The maximum atomic E-state index is 14.2. The van der Waals surface area contributed by atoms with Crippen LogP contribution in [0.25, 0.3) is 0 Å². The van der Waals surface area contributed by atoms with Crippen LogP contribution < -0.4 is 21.6 Å². The first-order valence-corrected chi connectivity index (χ1v) is 17.4. The van der Waals surface area contributed by atoms with Gasteiger partial charge in [0.25, 0.3) is 23.6 Å². The van der Waals surface area contributed by atoms with E-state index in [2.05, 4.69) is 10.6 Å². The number of fused-ring (bicyclic) bond motifs is 2. The number of rotatable bonds is 11. The molecule has 5 amide bonds. The summed E-state index contributed by atoms with van der Waals surface area (Å²) >= 11 is 0. The normalized spacial score (nSPS) is 19.7.